The van der Waals surface area contributed by atoms with Crippen LogP contribution in [0.5, 0.6) is 0 Å². The molecular formula is C13H25N5O2S. The molecule has 1 saturated carbocycles. The van der Waals surface area contributed by atoms with E-state index in [1.165, 1.54) is 19.0 Å². The van der Waals surface area contributed by atoms with Crippen LogP contribution in [0.15, 0.2) is 17.3 Å². The van der Waals surface area contributed by atoms with E-state index in [1.807, 2.05) is 25.9 Å². The molecule has 1 unspecified atom stereocenters. The molecule has 8 heteroatoms. The van der Waals surface area contributed by atoms with E-state index in [4.69, 9.17) is 0 Å². The predicted octanol–water partition coefficient (Wildman–Crippen LogP) is -0.136. The Kier molecular flexibility index (Phi) is 5.37. The maximum atomic E-state index is 12.2. The zero-order valence-electron chi connectivity index (χ0n) is 12.9. The number of hydrogen-bond acceptors (Lipinski definition) is 5. The lowest BCUT2D eigenvalue weighted by Crippen LogP contribution is -2.39. The van der Waals surface area contributed by atoms with Crippen LogP contribution in [0, 0.1) is 0 Å². The molecule has 1 aromatic rings. The standard InChI is InChI=1S/C13H25N5O2S/c1-11(9-17(2)3)16-21(19,20)13-8-15-18(10-13)7-6-14-12-4-5-12/h8,10-12,14,16H,4-7,9H2,1-3H3. The van der Waals surface area contributed by atoms with Crippen LogP contribution in [0.4, 0.5) is 0 Å². The Morgan fingerprint density at radius 2 is 2.19 bits per heavy atom. The van der Waals surface area contributed by atoms with Crippen LogP contribution in [0.2, 0.25) is 0 Å². The van der Waals surface area contributed by atoms with Crippen molar-refractivity contribution >= 4 is 10.0 Å². The van der Waals surface area contributed by atoms with Gasteiger partial charge in [0, 0.05) is 31.4 Å². The van der Waals surface area contributed by atoms with Crippen LogP contribution in [-0.4, -0.2) is 62.4 Å². The van der Waals surface area contributed by atoms with Crippen LogP contribution in [0.1, 0.15) is 19.8 Å². The van der Waals surface area contributed by atoms with Crippen molar-refractivity contribution in [3.8, 4) is 0 Å². The third kappa shape index (κ3) is 5.39. The second-order valence-electron chi connectivity index (χ2n) is 5.95. The van der Waals surface area contributed by atoms with Crippen LogP contribution >= 0.6 is 0 Å². The lowest BCUT2D eigenvalue weighted by atomic mass is 10.3. The van der Waals surface area contributed by atoms with Crippen LogP contribution in [-0.2, 0) is 16.6 Å². The van der Waals surface area contributed by atoms with E-state index in [-0.39, 0.29) is 10.9 Å². The molecule has 1 aliphatic carbocycles. The van der Waals surface area contributed by atoms with E-state index in [2.05, 4.69) is 15.1 Å². The maximum absolute atomic E-state index is 12.2. The van der Waals surface area contributed by atoms with Gasteiger partial charge in [-0.3, -0.25) is 4.68 Å². The largest absolute Gasteiger partial charge is 0.312 e. The second-order valence-corrected chi connectivity index (χ2v) is 7.67. The Labute approximate surface area is 126 Å². The first-order valence-electron chi connectivity index (χ1n) is 7.30. The van der Waals surface area contributed by atoms with Gasteiger partial charge in [0.25, 0.3) is 0 Å². The molecule has 2 rings (SSSR count). The lowest BCUT2D eigenvalue weighted by Gasteiger charge is -2.17. The molecule has 0 radical (unpaired) electrons. The fourth-order valence-corrected chi connectivity index (χ4v) is 3.38. The number of aromatic nitrogens is 2. The van der Waals surface area contributed by atoms with Gasteiger partial charge in [-0.1, -0.05) is 0 Å². The van der Waals surface area contributed by atoms with Crippen molar-refractivity contribution in [2.24, 2.45) is 0 Å². The average Bonchev–Trinajstić information content (AvgIpc) is 3.03. The van der Waals surface area contributed by atoms with E-state index < -0.39 is 10.0 Å². The first-order valence-corrected chi connectivity index (χ1v) is 8.78. The van der Waals surface area contributed by atoms with E-state index in [9.17, 15) is 8.42 Å². The van der Waals surface area contributed by atoms with Crippen molar-refractivity contribution in [1.82, 2.24) is 24.7 Å². The van der Waals surface area contributed by atoms with Crippen molar-refractivity contribution in [2.45, 2.75) is 43.3 Å². The van der Waals surface area contributed by atoms with E-state index in [1.54, 1.807) is 10.9 Å². The Bertz CT molecular complexity index is 551. The Morgan fingerprint density at radius 3 is 2.81 bits per heavy atom. The molecule has 1 heterocycles. The van der Waals surface area contributed by atoms with Crippen molar-refractivity contribution in [3.05, 3.63) is 12.4 Å². The van der Waals surface area contributed by atoms with Gasteiger partial charge in [0.1, 0.15) is 4.90 Å². The molecule has 1 aliphatic rings. The van der Waals surface area contributed by atoms with E-state index in [0.29, 0.717) is 19.1 Å². The lowest BCUT2D eigenvalue weighted by molar-refractivity contribution is 0.370. The van der Waals surface area contributed by atoms with Crippen molar-refractivity contribution in [1.29, 1.82) is 0 Å². The molecule has 1 aromatic heterocycles. The Balaban J connectivity index is 1.88. The topological polar surface area (TPSA) is 79.3 Å². The molecule has 0 amide bonds. The monoisotopic (exact) mass is 315 g/mol. The minimum atomic E-state index is -3.49. The average molecular weight is 315 g/mol. The molecule has 0 aromatic carbocycles. The molecule has 0 spiro atoms. The fraction of sp³-hybridized carbons (Fsp3) is 0.769. The van der Waals surface area contributed by atoms with Gasteiger partial charge in [0.05, 0.1) is 12.7 Å². The van der Waals surface area contributed by atoms with Crippen LogP contribution < -0.4 is 10.0 Å². The molecule has 0 bridgehead atoms. The smallest absolute Gasteiger partial charge is 0.243 e. The second kappa shape index (κ2) is 6.87. The summed E-state index contributed by atoms with van der Waals surface area (Å²) in [4.78, 5) is 2.17. The number of sulfonamides is 1. The third-order valence-corrected chi connectivity index (χ3v) is 4.81. The Hall–Kier alpha value is -0.960. The molecule has 1 atom stereocenters. The zero-order chi connectivity index (χ0) is 15.5. The SMILES string of the molecule is CC(CN(C)C)NS(=O)(=O)c1cnn(CCNC2CC2)c1. The number of nitrogens with one attached hydrogen (secondary N) is 2. The van der Waals surface area contributed by atoms with Gasteiger partial charge in [0.15, 0.2) is 0 Å². The number of hydrogen-bond donors (Lipinski definition) is 2. The van der Waals surface area contributed by atoms with Crippen molar-refractivity contribution in [2.75, 3.05) is 27.2 Å². The third-order valence-electron chi connectivity index (χ3n) is 3.27. The Morgan fingerprint density at radius 1 is 1.48 bits per heavy atom. The van der Waals surface area contributed by atoms with Gasteiger partial charge in [-0.25, -0.2) is 13.1 Å². The maximum Gasteiger partial charge on any atom is 0.243 e. The zero-order valence-corrected chi connectivity index (χ0v) is 13.7. The number of likely N-dealkylation sites (N-methyl/N-ethyl adjacent to an activating group) is 1. The van der Waals surface area contributed by atoms with Crippen molar-refractivity contribution < 1.29 is 8.42 Å². The molecule has 120 valence electrons. The molecule has 1 fully saturated rings. The minimum Gasteiger partial charge on any atom is -0.312 e. The molecular weight excluding hydrogens is 290 g/mol. The van der Waals surface area contributed by atoms with Gasteiger partial charge in [-0.15, -0.1) is 0 Å². The predicted molar refractivity (Wildman–Crippen MR) is 81.6 cm³/mol. The first-order chi connectivity index (χ1) is 9.87. The highest BCUT2D eigenvalue weighted by Gasteiger charge is 2.21. The van der Waals surface area contributed by atoms with Gasteiger partial charge < -0.3 is 10.2 Å². The van der Waals surface area contributed by atoms with E-state index in [0.717, 1.165) is 6.54 Å². The van der Waals surface area contributed by atoms with Crippen LogP contribution in [0.3, 0.4) is 0 Å². The summed E-state index contributed by atoms with van der Waals surface area (Å²) in [6, 6.07) is 0.502. The number of rotatable bonds is 9. The highest BCUT2D eigenvalue weighted by atomic mass is 32.2. The summed E-state index contributed by atoms with van der Waals surface area (Å²) in [5, 5.41) is 7.49. The van der Waals surface area contributed by atoms with Crippen molar-refractivity contribution in [3.63, 3.8) is 0 Å². The molecule has 21 heavy (non-hydrogen) atoms. The van der Waals surface area contributed by atoms with Gasteiger partial charge in [0.2, 0.25) is 10.0 Å². The summed E-state index contributed by atoms with van der Waals surface area (Å²) in [5.41, 5.74) is 0. The first kappa shape index (κ1) is 16.4. The summed E-state index contributed by atoms with van der Waals surface area (Å²) in [5.74, 6) is 0. The summed E-state index contributed by atoms with van der Waals surface area (Å²) >= 11 is 0. The molecule has 2 N–H and O–H groups in total. The molecule has 0 saturated heterocycles. The molecule has 7 nitrogen and oxygen atoms in total. The number of nitrogens with zero attached hydrogens (tertiary/aromatic N) is 3. The van der Waals surface area contributed by atoms with Gasteiger partial charge in [-0.05, 0) is 33.9 Å². The quantitative estimate of drug-likeness (QED) is 0.663. The fourth-order valence-electron chi connectivity index (χ4n) is 2.19. The van der Waals surface area contributed by atoms with Gasteiger partial charge >= 0.3 is 0 Å². The molecule has 0 aliphatic heterocycles. The highest BCUT2D eigenvalue weighted by Crippen LogP contribution is 2.18. The van der Waals surface area contributed by atoms with Gasteiger partial charge in [-0.2, -0.15) is 5.10 Å². The summed E-state index contributed by atoms with van der Waals surface area (Å²) in [6.45, 7) is 4.00. The summed E-state index contributed by atoms with van der Waals surface area (Å²) in [6.07, 6.45) is 5.47. The van der Waals surface area contributed by atoms with Crippen LogP contribution in [0.25, 0.3) is 0 Å². The highest BCUT2D eigenvalue weighted by molar-refractivity contribution is 7.89. The normalized spacial score (nSPS) is 17.3. The minimum absolute atomic E-state index is 0.148. The summed E-state index contributed by atoms with van der Waals surface area (Å²) in [7, 11) is 0.331. The summed E-state index contributed by atoms with van der Waals surface area (Å²) < 4.78 is 28.8. The van der Waals surface area contributed by atoms with E-state index >= 15 is 0 Å².